The highest BCUT2D eigenvalue weighted by atomic mass is 16.5. The SMILES string of the molecule is COC(=O)c1c(-c2c(CC=C(C)C)c(OC)c3ccccc3c2OC)c(O)c2ccccc2c1O. The highest BCUT2D eigenvalue weighted by Gasteiger charge is 2.31. The number of methoxy groups -OCH3 is 3. The smallest absolute Gasteiger partial charge is 0.342 e. The molecule has 0 unspecified atom stereocenters. The Morgan fingerprint density at radius 2 is 1.29 bits per heavy atom. The summed E-state index contributed by atoms with van der Waals surface area (Å²) in [5.74, 6) is -0.165. The molecule has 0 aromatic heterocycles. The summed E-state index contributed by atoms with van der Waals surface area (Å²) in [4.78, 5) is 13.0. The van der Waals surface area contributed by atoms with Crippen LogP contribution in [-0.4, -0.2) is 37.5 Å². The summed E-state index contributed by atoms with van der Waals surface area (Å²) in [6.07, 6.45) is 2.47. The number of hydrogen-bond donors (Lipinski definition) is 2. The summed E-state index contributed by atoms with van der Waals surface area (Å²) in [6, 6.07) is 14.4. The van der Waals surface area contributed by atoms with Gasteiger partial charge in [0, 0.05) is 38.2 Å². The summed E-state index contributed by atoms with van der Waals surface area (Å²) < 4.78 is 16.9. The molecule has 0 amide bonds. The molecular formula is C29H28O6. The number of fused-ring (bicyclic) bond motifs is 2. The molecule has 0 aliphatic carbocycles. The Hall–Kier alpha value is -4.19. The van der Waals surface area contributed by atoms with Gasteiger partial charge in [-0.25, -0.2) is 4.79 Å². The van der Waals surface area contributed by atoms with Gasteiger partial charge in [0.2, 0.25) is 0 Å². The first-order chi connectivity index (χ1) is 16.8. The predicted octanol–water partition coefficient (Wildman–Crippen LogP) is 6.38. The lowest BCUT2D eigenvalue weighted by atomic mass is 9.86. The van der Waals surface area contributed by atoms with Gasteiger partial charge in [0.15, 0.2) is 0 Å². The third-order valence-corrected chi connectivity index (χ3v) is 6.14. The van der Waals surface area contributed by atoms with E-state index >= 15 is 0 Å². The van der Waals surface area contributed by atoms with Gasteiger partial charge in [0.05, 0.1) is 21.3 Å². The Kier molecular flexibility index (Phi) is 6.56. The van der Waals surface area contributed by atoms with Gasteiger partial charge in [-0.05, 0) is 20.3 Å². The zero-order chi connectivity index (χ0) is 25.3. The topological polar surface area (TPSA) is 85.2 Å². The lowest BCUT2D eigenvalue weighted by Gasteiger charge is -2.23. The van der Waals surface area contributed by atoms with Crippen molar-refractivity contribution in [3.05, 3.63) is 71.3 Å². The van der Waals surface area contributed by atoms with Crippen LogP contribution in [0.3, 0.4) is 0 Å². The first kappa shape index (κ1) is 24.0. The maximum atomic E-state index is 13.0. The van der Waals surface area contributed by atoms with Crippen molar-refractivity contribution in [2.75, 3.05) is 21.3 Å². The van der Waals surface area contributed by atoms with E-state index in [0.717, 1.165) is 16.3 Å². The van der Waals surface area contributed by atoms with Crippen molar-refractivity contribution in [3.8, 4) is 34.1 Å². The van der Waals surface area contributed by atoms with Crippen LogP contribution in [0.5, 0.6) is 23.0 Å². The van der Waals surface area contributed by atoms with E-state index in [1.165, 1.54) is 14.2 Å². The van der Waals surface area contributed by atoms with Crippen molar-refractivity contribution in [2.45, 2.75) is 20.3 Å². The van der Waals surface area contributed by atoms with Crippen molar-refractivity contribution in [1.29, 1.82) is 0 Å². The lowest BCUT2D eigenvalue weighted by molar-refractivity contribution is 0.0598. The van der Waals surface area contributed by atoms with Crippen LogP contribution in [0, 0.1) is 0 Å². The second-order valence-electron chi connectivity index (χ2n) is 8.44. The predicted molar refractivity (Wildman–Crippen MR) is 138 cm³/mol. The number of benzene rings is 4. The number of carbonyl (C=O) groups excluding carboxylic acids is 1. The number of phenols is 2. The van der Waals surface area contributed by atoms with Crippen molar-refractivity contribution in [2.24, 2.45) is 0 Å². The van der Waals surface area contributed by atoms with E-state index in [-0.39, 0.29) is 22.6 Å². The molecule has 6 heteroatoms. The van der Waals surface area contributed by atoms with Crippen LogP contribution in [0.1, 0.15) is 29.8 Å². The molecule has 0 atom stereocenters. The van der Waals surface area contributed by atoms with Crippen LogP contribution in [0.15, 0.2) is 60.2 Å². The van der Waals surface area contributed by atoms with Crippen molar-refractivity contribution >= 4 is 27.5 Å². The van der Waals surface area contributed by atoms with Gasteiger partial charge >= 0.3 is 5.97 Å². The van der Waals surface area contributed by atoms with Crippen LogP contribution in [-0.2, 0) is 11.2 Å². The number of ether oxygens (including phenoxy) is 3. The second-order valence-corrected chi connectivity index (χ2v) is 8.44. The number of phenolic OH excluding ortho intramolecular Hbond substituents is 2. The van der Waals surface area contributed by atoms with E-state index in [1.54, 1.807) is 31.4 Å². The third-order valence-electron chi connectivity index (χ3n) is 6.14. The first-order valence-corrected chi connectivity index (χ1v) is 11.2. The molecule has 0 aliphatic heterocycles. The van der Waals surface area contributed by atoms with Gasteiger partial charge in [-0.15, -0.1) is 0 Å². The summed E-state index contributed by atoms with van der Waals surface area (Å²) in [6.45, 7) is 3.98. The van der Waals surface area contributed by atoms with Crippen molar-refractivity contribution in [3.63, 3.8) is 0 Å². The average Bonchev–Trinajstić information content (AvgIpc) is 2.87. The zero-order valence-electron chi connectivity index (χ0n) is 20.4. The highest BCUT2D eigenvalue weighted by Crippen LogP contribution is 2.53. The van der Waals surface area contributed by atoms with Crippen LogP contribution >= 0.6 is 0 Å². The molecular weight excluding hydrogens is 444 g/mol. The molecule has 4 aromatic rings. The maximum Gasteiger partial charge on any atom is 0.342 e. The number of esters is 1. The lowest BCUT2D eigenvalue weighted by Crippen LogP contribution is -2.08. The zero-order valence-corrected chi connectivity index (χ0v) is 20.4. The monoisotopic (exact) mass is 472 g/mol. The van der Waals surface area contributed by atoms with Crippen LogP contribution < -0.4 is 9.47 Å². The fourth-order valence-electron chi connectivity index (χ4n) is 4.58. The van der Waals surface area contributed by atoms with Crippen LogP contribution in [0.2, 0.25) is 0 Å². The van der Waals surface area contributed by atoms with E-state index in [1.807, 2.05) is 44.2 Å². The van der Waals surface area contributed by atoms with Gasteiger partial charge in [0.1, 0.15) is 28.6 Å². The molecule has 180 valence electrons. The normalized spacial score (nSPS) is 10.9. The fourth-order valence-corrected chi connectivity index (χ4v) is 4.58. The van der Waals surface area contributed by atoms with E-state index < -0.39 is 5.97 Å². The molecule has 0 saturated heterocycles. The second kappa shape index (κ2) is 9.58. The largest absolute Gasteiger partial charge is 0.507 e. The van der Waals surface area contributed by atoms with Gasteiger partial charge < -0.3 is 24.4 Å². The average molecular weight is 473 g/mol. The molecule has 0 saturated carbocycles. The molecule has 6 nitrogen and oxygen atoms in total. The van der Waals surface area contributed by atoms with Crippen LogP contribution in [0.4, 0.5) is 0 Å². The molecule has 4 rings (SSSR count). The molecule has 0 aliphatic rings. The Labute approximate surface area is 204 Å². The molecule has 0 fully saturated rings. The number of aromatic hydroxyl groups is 2. The molecule has 2 N–H and O–H groups in total. The minimum absolute atomic E-state index is 0.131. The van der Waals surface area contributed by atoms with Crippen molar-refractivity contribution in [1.82, 2.24) is 0 Å². The Bertz CT molecular complexity index is 1480. The molecule has 0 bridgehead atoms. The molecule has 0 spiro atoms. The van der Waals surface area contributed by atoms with Gasteiger partial charge in [-0.3, -0.25) is 0 Å². The molecule has 0 heterocycles. The van der Waals surface area contributed by atoms with E-state index in [9.17, 15) is 15.0 Å². The van der Waals surface area contributed by atoms with Crippen LogP contribution in [0.25, 0.3) is 32.7 Å². The van der Waals surface area contributed by atoms with Gasteiger partial charge in [-0.1, -0.05) is 60.2 Å². The Balaban J connectivity index is 2.31. The minimum Gasteiger partial charge on any atom is -0.507 e. The highest BCUT2D eigenvalue weighted by molar-refractivity contribution is 6.14. The van der Waals surface area contributed by atoms with E-state index in [4.69, 9.17) is 14.2 Å². The van der Waals surface area contributed by atoms with Crippen molar-refractivity contribution < 1.29 is 29.2 Å². The molecule has 0 radical (unpaired) electrons. The summed E-state index contributed by atoms with van der Waals surface area (Å²) in [5.41, 5.74) is 2.24. The maximum absolute atomic E-state index is 13.0. The number of carbonyl (C=O) groups is 1. The molecule has 4 aromatic carbocycles. The summed E-state index contributed by atoms with van der Waals surface area (Å²) >= 11 is 0. The quantitative estimate of drug-likeness (QED) is 0.192. The summed E-state index contributed by atoms with van der Waals surface area (Å²) in [5, 5.41) is 25.1. The van der Waals surface area contributed by atoms with Gasteiger partial charge in [-0.2, -0.15) is 0 Å². The van der Waals surface area contributed by atoms with E-state index in [2.05, 4.69) is 0 Å². The Morgan fingerprint density at radius 3 is 1.80 bits per heavy atom. The number of rotatable bonds is 6. The minimum atomic E-state index is -0.777. The summed E-state index contributed by atoms with van der Waals surface area (Å²) in [7, 11) is 4.36. The molecule has 35 heavy (non-hydrogen) atoms. The van der Waals surface area contributed by atoms with E-state index in [0.29, 0.717) is 39.8 Å². The first-order valence-electron chi connectivity index (χ1n) is 11.2. The fraction of sp³-hybridized carbons (Fsp3) is 0.207. The Morgan fingerprint density at radius 1 is 0.771 bits per heavy atom. The number of hydrogen-bond acceptors (Lipinski definition) is 6. The van der Waals surface area contributed by atoms with Gasteiger partial charge in [0.25, 0.3) is 0 Å². The third kappa shape index (κ3) is 3.91. The standard InChI is InChI=1S/C29H28O6/c1-16(2)14-15-21-22(28(34-4)20-13-9-8-12-19(20)27(21)33-3)23-24(29(32)35-5)26(31)18-11-7-6-10-17(18)25(23)30/h6-14,30-31H,15H2,1-5H3. The number of allylic oxidation sites excluding steroid dienone is 2.